The first-order valence-corrected chi connectivity index (χ1v) is 4.99. The van der Waals surface area contributed by atoms with E-state index in [1.54, 1.807) is 24.5 Å². The Kier molecular flexibility index (Phi) is 2.71. The molecule has 72 valence electrons. The average Bonchev–Trinajstić information content (AvgIpc) is 2.71. The third kappa shape index (κ3) is 2.07. The summed E-state index contributed by atoms with van der Waals surface area (Å²) in [6, 6.07) is 3.56. The van der Waals surface area contributed by atoms with Crippen LogP contribution < -0.4 is 5.32 Å². The van der Waals surface area contributed by atoms with Crippen molar-refractivity contribution in [1.82, 2.24) is 9.97 Å². The van der Waals surface area contributed by atoms with Crippen LogP contribution in [0.3, 0.4) is 0 Å². The molecule has 2 aromatic rings. The lowest BCUT2D eigenvalue weighted by atomic mass is 10.3. The molecule has 14 heavy (non-hydrogen) atoms. The van der Waals surface area contributed by atoms with Crippen LogP contribution in [0.4, 0.5) is 10.9 Å². The van der Waals surface area contributed by atoms with Crippen LogP contribution in [0.25, 0.3) is 0 Å². The molecule has 2 N–H and O–H groups in total. The van der Waals surface area contributed by atoms with Crippen molar-refractivity contribution in [3.05, 3.63) is 35.5 Å². The van der Waals surface area contributed by atoms with E-state index in [1.165, 1.54) is 11.3 Å². The maximum Gasteiger partial charge on any atom is 0.188 e. The summed E-state index contributed by atoms with van der Waals surface area (Å²) in [6.07, 6.45) is 3.38. The van der Waals surface area contributed by atoms with Crippen molar-refractivity contribution in [2.75, 3.05) is 5.32 Å². The fraction of sp³-hybridized carbons (Fsp3) is 0.111. The van der Waals surface area contributed by atoms with Crippen molar-refractivity contribution in [3.8, 4) is 0 Å². The maximum atomic E-state index is 8.92. The van der Waals surface area contributed by atoms with Gasteiger partial charge in [-0.05, 0) is 17.7 Å². The van der Waals surface area contributed by atoms with Gasteiger partial charge < -0.3 is 10.4 Å². The van der Waals surface area contributed by atoms with Gasteiger partial charge in [-0.25, -0.2) is 9.97 Å². The Bertz CT molecular complexity index is 402. The van der Waals surface area contributed by atoms with Crippen LogP contribution >= 0.6 is 11.3 Å². The van der Waals surface area contributed by atoms with Gasteiger partial charge in [-0.3, -0.25) is 0 Å². The van der Waals surface area contributed by atoms with Crippen LogP contribution in [0.2, 0.25) is 0 Å². The van der Waals surface area contributed by atoms with Crippen LogP contribution in [-0.4, -0.2) is 15.1 Å². The molecular formula is C9H9N3OS. The molecule has 4 nitrogen and oxygen atoms in total. The lowest BCUT2D eigenvalue weighted by Gasteiger charge is -2.02. The summed E-state index contributed by atoms with van der Waals surface area (Å²) >= 11 is 1.51. The molecule has 0 fully saturated rings. The highest BCUT2D eigenvalue weighted by Crippen LogP contribution is 2.17. The number of nitrogens with one attached hydrogen (secondary N) is 1. The number of nitrogens with zero attached hydrogens (tertiary/aromatic N) is 2. The number of aliphatic hydroxyl groups excluding tert-OH is 1. The predicted molar refractivity (Wildman–Crippen MR) is 55.6 cm³/mol. The second-order valence-corrected chi connectivity index (χ2v) is 3.56. The minimum Gasteiger partial charge on any atom is -0.392 e. The fourth-order valence-corrected chi connectivity index (χ4v) is 1.57. The molecule has 0 aliphatic heterocycles. The van der Waals surface area contributed by atoms with Crippen molar-refractivity contribution >= 4 is 22.3 Å². The van der Waals surface area contributed by atoms with Crippen molar-refractivity contribution < 1.29 is 5.11 Å². The summed E-state index contributed by atoms with van der Waals surface area (Å²) in [7, 11) is 0. The van der Waals surface area contributed by atoms with Crippen molar-refractivity contribution in [2.24, 2.45) is 0 Å². The minimum atomic E-state index is 0.0229. The van der Waals surface area contributed by atoms with Crippen LogP contribution in [0.1, 0.15) is 5.56 Å². The van der Waals surface area contributed by atoms with Crippen LogP contribution in [0.15, 0.2) is 29.9 Å². The Labute approximate surface area is 85.3 Å². The summed E-state index contributed by atoms with van der Waals surface area (Å²) in [6.45, 7) is 0.0229. The molecule has 0 aromatic carbocycles. The third-order valence-corrected chi connectivity index (χ3v) is 2.36. The van der Waals surface area contributed by atoms with Crippen LogP contribution in [0, 0.1) is 0 Å². The molecule has 0 aliphatic carbocycles. The highest BCUT2D eigenvalue weighted by Gasteiger charge is 1.98. The van der Waals surface area contributed by atoms with E-state index >= 15 is 0 Å². The van der Waals surface area contributed by atoms with Gasteiger partial charge in [-0.2, -0.15) is 0 Å². The van der Waals surface area contributed by atoms with E-state index in [0.717, 1.165) is 10.7 Å². The number of thiazole rings is 1. The summed E-state index contributed by atoms with van der Waals surface area (Å²) < 4.78 is 0. The SMILES string of the molecule is OCc1ccnc(Nc2nccs2)c1. The smallest absolute Gasteiger partial charge is 0.188 e. The molecule has 2 aromatic heterocycles. The van der Waals surface area contributed by atoms with Gasteiger partial charge in [0.2, 0.25) is 0 Å². The molecular weight excluding hydrogens is 198 g/mol. The van der Waals surface area contributed by atoms with E-state index in [2.05, 4.69) is 15.3 Å². The van der Waals surface area contributed by atoms with Crippen molar-refractivity contribution in [2.45, 2.75) is 6.61 Å². The lowest BCUT2D eigenvalue weighted by molar-refractivity contribution is 0.282. The summed E-state index contributed by atoms with van der Waals surface area (Å²) in [4.78, 5) is 8.18. The number of rotatable bonds is 3. The molecule has 0 saturated heterocycles. The van der Waals surface area contributed by atoms with Crippen molar-refractivity contribution in [3.63, 3.8) is 0 Å². The number of anilines is 2. The first-order valence-electron chi connectivity index (χ1n) is 4.11. The molecule has 2 heterocycles. The Morgan fingerprint density at radius 3 is 3.00 bits per heavy atom. The summed E-state index contributed by atoms with van der Waals surface area (Å²) in [5.74, 6) is 0.700. The molecule has 0 bridgehead atoms. The Balaban J connectivity index is 2.17. The van der Waals surface area contributed by atoms with E-state index in [9.17, 15) is 0 Å². The lowest BCUT2D eigenvalue weighted by Crippen LogP contribution is -1.94. The van der Waals surface area contributed by atoms with Gasteiger partial charge in [0, 0.05) is 17.8 Å². The predicted octanol–water partition coefficient (Wildman–Crippen LogP) is 1.77. The number of hydrogen-bond acceptors (Lipinski definition) is 5. The molecule has 0 radical (unpaired) electrons. The summed E-state index contributed by atoms with van der Waals surface area (Å²) in [5.41, 5.74) is 0.832. The molecule has 0 aliphatic rings. The number of aliphatic hydroxyl groups is 1. The van der Waals surface area contributed by atoms with E-state index in [4.69, 9.17) is 5.11 Å². The zero-order valence-corrected chi connectivity index (χ0v) is 8.16. The van der Waals surface area contributed by atoms with Gasteiger partial charge in [-0.15, -0.1) is 11.3 Å². The fourth-order valence-electron chi connectivity index (χ4n) is 1.04. The number of aromatic nitrogens is 2. The minimum absolute atomic E-state index is 0.0229. The van der Waals surface area contributed by atoms with Gasteiger partial charge in [0.25, 0.3) is 0 Å². The van der Waals surface area contributed by atoms with Gasteiger partial charge in [0.1, 0.15) is 5.82 Å². The van der Waals surface area contributed by atoms with E-state index in [1.807, 2.05) is 5.38 Å². The normalized spacial score (nSPS) is 10.1. The third-order valence-electron chi connectivity index (χ3n) is 1.67. The molecule has 0 saturated carbocycles. The molecule has 0 spiro atoms. The Hall–Kier alpha value is -1.46. The van der Waals surface area contributed by atoms with Crippen LogP contribution in [0.5, 0.6) is 0 Å². The molecule has 0 atom stereocenters. The standard InChI is InChI=1S/C9H9N3OS/c13-6-7-1-2-10-8(5-7)12-9-11-3-4-14-9/h1-5,13H,6H2,(H,10,11,12). The Morgan fingerprint density at radius 1 is 1.36 bits per heavy atom. The molecule has 0 unspecified atom stereocenters. The number of hydrogen-bond donors (Lipinski definition) is 2. The topological polar surface area (TPSA) is 58.0 Å². The second-order valence-electron chi connectivity index (χ2n) is 2.67. The summed E-state index contributed by atoms with van der Waals surface area (Å²) in [5, 5.41) is 14.6. The quantitative estimate of drug-likeness (QED) is 0.805. The van der Waals surface area contributed by atoms with E-state index in [0.29, 0.717) is 5.82 Å². The zero-order chi connectivity index (χ0) is 9.80. The molecule has 0 amide bonds. The van der Waals surface area contributed by atoms with Gasteiger partial charge in [0.15, 0.2) is 5.13 Å². The number of pyridine rings is 1. The second kappa shape index (κ2) is 4.17. The van der Waals surface area contributed by atoms with Crippen molar-refractivity contribution in [1.29, 1.82) is 0 Å². The van der Waals surface area contributed by atoms with E-state index < -0.39 is 0 Å². The maximum absolute atomic E-state index is 8.92. The average molecular weight is 207 g/mol. The largest absolute Gasteiger partial charge is 0.392 e. The van der Waals surface area contributed by atoms with Gasteiger partial charge in [0.05, 0.1) is 6.61 Å². The van der Waals surface area contributed by atoms with Crippen LogP contribution in [-0.2, 0) is 6.61 Å². The highest BCUT2D eigenvalue weighted by atomic mass is 32.1. The highest BCUT2D eigenvalue weighted by molar-refractivity contribution is 7.13. The van der Waals surface area contributed by atoms with Gasteiger partial charge in [-0.1, -0.05) is 0 Å². The Morgan fingerprint density at radius 2 is 2.29 bits per heavy atom. The first-order chi connectivity index (χ1) is 6.88. The van der Waals surface area contributed by atoms with Gasteiger partial charge >= 0.3 is 0 Å². The molecule has 2 rings (SSSR count). The first kappa shape index (κ1) is 9.11. The van der Waals surface area contributed by atoms with E-state index in [-0.39, 0.29) is 6.61 Å². The molecule has 5 heteroatoms. The zero-order valence-electron chi connectivity index (χ0n) is 7.34. The monoisotopic (exact) mass is 207 g/mol.